The van der Waals surface area contributed by atoms with E-state index < -0.39 is 5.41 Å². The first-order valence-electron chi connectivity index (χ1n) is 30.1. The number of allylic oxidation sites excluding steroid dienone is 2. The van der Waals surface area contributed by atoms with Gasteiger partial charge in [-0.2, -0.15) is 0 Å². The van der Waals surface area contributed by atoms with Crippen LogP contribution in [-0.4, -0.2) is 18.7 Å². The van der Waals surface area contributed by atoms with E-state index in [0.717, 1.165) is 62.8 Å². The number of nitrogens with zero attached hydrogens (tertiary/aromatic N) is 3. The van der Waals surface area contributed by atoms with Crippen LogP contribution in [0.4, 0.5) is 45.5 Å². The fraction of sp³-hybridized carbons (Fsp3) is 0.0380. The third-order valence-electron chi connectivity index (χ3n) is 18.8. The minimum atomic E-state index is -0.553. The Morgan fingerprint density at radius 2 is 0.897 bits per heavy atom. The third kappa shape index (κ3) is 7.63. The van der Waals surface area contributed by atoms with E-state index in [1.165, 1.54) is 77.0 Å². The second-order valence-electron chi connectivity index (χ2n) is 23.4. The third-order valence-corrected chi connectivity index (χ3v) is 20.1. The smallest absolute Gasteiger partial charge is 0.252 e. The zero-order chi connectivity index (χ0) is 57.2. The molecule has 12 aromatic carbocycles. The van der Waals surface area contributed by atoms with Crippen LogP contribution in [0.3, 0.4) is 0 Å². The fourth-order valence-electron chi connectivity index (χ4n) is 15.5. The summed E-state index contributed by atoms with van der Waals surface area (Å²) in [5, 5.41) is 0.0380. The lowest BCUT2D eigenvalue weighted by atomic mass is 9.28. The van der Waals surface area contributed by atoms with Gasteiger partial charge in [-0.15, -0.1) is 11.8 Å². The Bertz CT molecular complexity index is 4740. The Morgan fingerprint density at radius 3 is 1.56 bits per heavy atom. The molecule has 408 valence electrons. The molecule has 4 aliphatic heterocycles. The Morgan fingerprint density at radius 1 is 0.368 bits per heavy atom. The van der Waals surface area contributed by atoms with Crippen LogP contribution in [-0.2, 0) is 5.41 Å². The lowest BCUT2D eigenvalue weighted by Crippen LogP contribution is -2.64. The van der Waals surface area contributed by atoms with Crippen molar-refractivity contribution in [1.82, 2.24) is 0 Å². The van der Waals surface area contributed by atoms with Gasteiger partial charge in [0.15, 0.2) is 0 Å². The number of benzene rings is 12. The van der Waals surface area contributed by atoms with Gasteiger partial charge in [0, 0.05) is 79.3 Å². The molecule has 0 bridgehead atoms. The Kier molecular flexibility index (Phi) is 11.4. The van der Waals surface area contributed by atoms with Crippen LogP contribution >= 0.6 is 11.8 Å². The molecule has 4 heterocycles. The molecule has 2 unspecified atom stereocenters. The van der Waals surface area contributed by atoms with Crippen molar-refractivity contribution in [2.45, 2.75) is 21.4 Å². The van der Waals surface area contributed by atoms with Gasteiger partial charge in [-0.3, -0.25) is 0 Å². The number of rotatable bonds is 9. The SMILES string of the molecule is C1=C(Oc2ccccc2)C=C2C3B(c4cc5c(cc4SC13)N(c1ccc3c(c1)-c1ccccc1C3(c1ccccc1)c1ccccc1)c1cc(Oc3ccccc3)cc3c1B5c1ccccc1N3c1ccccc1)c1ccccc1N2c1ccccc1. The average Bonchev–Trinajstić information content (AvgIpc) is 1.28. The summed E-state index contributed by atoms with van der Waals surface area (Å²) in [6.45, 7) is -0.105. The summed E-state index contributed by atoms with van der Waals surface area (Å²) in [4.78, 5) is 8.81. The van der Waals surface area contributed by atoms with Crippen LogP contribution in [0.1, 0.15) is 22.3 Å². The molecule has 0 N–H and O–H groups in total. The van der Waals surface area contributed by atoms with Gasteiger partial charge in [0.05, 0.1) is 5.41 Å². The summed E-state index contributed by atoms with van der Waals surface area (Å²) in [5.74, 6) is 3.30. The molecule has 12 aromatic rings. The van der Waals surface area contributed by atoms with E-state index >= 15 is 0 Å². The molecule has 5 nitrogen and oxygen atoms in total. The predicted molar refractivity (Wildman–Crippen MR) is 361 cm³/mol. The number of hydrogen-bond acceptors (Lipinski definition) is 6. The predicted octanol–water partition coefficient (Wildman–Crippen LogP) is 16.4. The summed E-state index contributed by atoms with van der Waals surface area (Å²) in [7, 11) is 0. The molecular formula is C79H53B2N3O2S. The first-order chi connectivity index (χ1) is 43.2. The van der Waals surface area contributed by atoms with Crippen molar-refractivity contribution in [2.24, 2.45) is 0 Å². The van der Waals surface area contributed by atoms with Crippen LogP contribution in [0.15, 0.2) is 326 Å². The van der Waals surface area contributed by atoms with Gasteiger partial charge in [0.1, 0.15) is 23.0 Å². The summed E-state index contributed by atoms with van der Waals surface area (Å²) in [6, 6.07) is 109. The normalized spacial score (nSPS) is 16.6. The maximum atomic E-state index is 7.07. The van der Waals surface area contributed by atoms with Gasteiger partial charge in [0.2, 0.25) is 6.71 Å². The zero-order valence-corrected chi connectivity index (χ0v) is 48.1. The standard InChI is InChI=1S/C79H53B2N3O2S/c1-7-25-52(26-8-1)79(53-27-9-2-10-28-53)63-38-20-19-37-61(63)62-45-56(43-44-64(62)79)84-71-51-75-68(81-66-40-22-24-42-70(66)83(55-31-13-4-14-32-55)74-48-60(49-76(87-75)78(74)81)86-58-35-17-6-18-36-58)50-67(71)80-65-39-21-23-41-69(65)82(54-29-11-3-12-30-54)72-46-59(47-73(84)77(72)80)85-57-33-15-5-16-34-57/h1-51,76,78H. The number of thioether (sulfide) groups is 1. The van der Waals surface area contributed by atoms with E-state index in [1.54, 1.807) is 0 Å². The van der Waals surface area contributed by atoms with E-state index in [4.69, 9.17) is 9.47 Å². The van der Waals surface area contributed by atoms with Crippen molar-refractivity contribution in [3.05, 3.63) is 343 Å². The summed E-state index contributed by atoms with van der Waals surface area (Å²) in [5.41, 5.74) is 23.6. The highest BCUT2D eigenvalue weighted by Crippen LogP contribution is 2.59. The number of ether oxygens (including phenoxy) is 2. The molecule has 18 rings (SSSR count). The average molecular weight is 1130 g/mol. The molecule has 0 radical (unpaired) electrons. The first kappa shape index (κ1) is 50.0. The van der Waals surface area contributed by atoms with Gasteiger partial charge in [-0.1, -0.05) is 212 Å². The molecule has 6 aliphatic rings. The van der Waals surface area contributed by atoms with Crippen molar-refractivity contribution in [3.63, 3.8) is 0 Å². The highest BCUT2D eigenvalue weighted by Gasteiger charge is 2.53. The van der Waals surface area contributed by atoms with Crippen molar-refractivity contribution >= 4 is 98.0 Å². The molecule has 0 fully saturated rings. The summed E-state index contributed by atoms with van der Waals surface area (Å²) >= 11 is 1.97. The minimum absolute atomic E-state index is 0.0321. The molecule has 8 heteroatoms. The number of anilines is 8. The Labute approximate surface area is 511 Å². The zero-order valence-electron chi connectivity index (χ0n) is 47.3. The first-order valence-corrected chi connectivity index (χ1v) is 31.0. The molecule has 2 atom stereocenters. The van der Waals surface area contributed by atoms with Crippen LogP contribution in [0.2, 0.25) is 5.82 Å². The van der Waals surface area contributed by atoms with Crippen molar-refractivity contribution in [2.75, 3.05) is 14.7 Å². The molecule has 87 heavy (non-hydrogen) atoms. The molecule has 0 amide bonds. The molecule has 0 saturated carbocycles. The lowest BCUT2D eigenvalue weighted by Gasteiger charge is -2.49. The molecule has 0 aromatic heterocycles. The quantitative estimate of drug-likeness (QED) is 0.134. The van der Waals surface area contributed by atoms with Crippen LogP contribution < -0.4 is 51.5 Å². The molecular weight excluding hydrogens is 1080 g/mol. The van der Waals surface area contributed by atoms with Crippen LogP contribution in [0, 0.1) is 0 Å². The second-order valence-corrected chi connectivity index (χ2v) is 24.6. The second kappa shape index (κ2) is 19.8. The lowest BCUT2D eigenvalue weighted by molar-refractivity contribution is 0.437. The number of hydrogen-bond donors (Lipinski definition) is 0. The van der Waals surface area contributed by atoms with Gasteiger partial charge in [-0.05, 0) is 146 Å². The molecule has 0 saturated heterocycles. The number of fused-ring (bicyclic) bond motifs is 11. The van der Waals surface area contributed by atoms with Gasteiger partial charge < -0.3 is 24.2 Å². The summed E-state index contributed by atoms with van der Waals surface area (Å²) in [6.07, 6.45) is 4.71. The Balaban J connectivity index is 0.917. The highest BCUT2D eigenvalue weighted by molar-refractivity contribution is 8.00. The van der Waals surface area contributed by atoms with E-state index in [1.807, 2.05) is 72.4 Å². The Hall–Kier alpha value is -10.4. The van der Waals surface area contributed by atoms with E-state index in [2.05, 4.69) is 263 Å². The summed E-state index contributed by atoms with van der Waals surface area (Å²) < 4.78 is 14.0. The largest absolute Gasteiger partial charge is 0.458 e. The van der Waals surface area contributed by atoms with Crippen molar-refractivity contribution < 1.29 is 9.47 Å². The van der Waals surface area contributed by atoms with E-state index in [0.29, 0.717) is 0 Å². The van der Waals surface area contributed by atoms with Crippen molar-refractivity contribution in [3.8, 4) is 28.4 Å². The molecule has 2 aliphatic carbocycles. The molecule has 0 spiro atoms. The monoisotopic (exact) mass is 1130 g/mol. The maximum absolute atomic E-state index is 7.07. The van der Waals surface area contributed by atoms with Crippen LogP contribution in [0.25, 0.3) is 11.1 Å². The van der Waals surface area contributed by atoms with Gasteiger partial charge >= 0.3 is 0 Å². The minimum Gasteiger partial charge on any atom is -0.458 e. The highest BCUT2D eigenvalue weighted by atomic mass is 32.2. The van der Waals surface area contributed by atoms with E-state index in [-0.39, 0.29) is 24.5 Å². The van der Waals surface area contributed by atoms with Gasteiger partial charge in [0.25, 0.3) is 6.71 Å². The topological polar surface area (TPSA) is 28.2 Å². The van der Waals surface area contributed by atoms with E-state index in [9.17, 15) is 0 Å². The van der Waals surface area contributed by atoms with Crippen LogP contribution in [0.5, 0.6) is 17.2 Å². The van der Waals surface area contributed by atoms with Crippen molar-refractivity contribution in [1.29, 1.82) is 0 Å². The number of para-hydroxylation sites is 6. The fourth-order valence-corrected chi connectivity index (χ4v) is 16.9. The maximum Gasteiger partial charge on any atom is 0.252 e. The van der Waals surface area contributed by atoms with Gasteiger partial charge in [-0.25, -0.2) is 0 Å².